The maximum atomic E-state index is 5.83. The lowest BCUT2D eigenvalue weighted by atomic mass is 10.1. The Morgan fingerprint density at radius 3 is 3.09 bits per heavy atom. The minimum Gasteiger partial charge on any atom is -0.398 e. The minimum atomic E-state index is 0.858. The Morgan fingerprint density at radius 2 is 2.27 bits per heavy atom. The van der Waals surface area contributed by atoms with Gasteiger partial charge in [-0.05, 0) is 30.1 Å². The van der Waals surface area contributed by atoms with Crippen LogP contribution in [0.15, 0.2) is 17.5 Å². The number of nitrogen functional groups attached to an aromatic ring is 1. The van der Waals surface area contributed by atoms with Crippen LogP contribution in [0.2, 0.25) is 0 Å². The van der Waals surface area contributed by atoms with E-state index >= 15 is 0 Å². The normalized spacial score (nSPS) is 10.6. The average molecular weight is 164 g/mol. The average Bonchev–Trinajstić information content (AvgIpc) is 2.45. The van der Waals surface area contributed by atoms with Crippen LogP contribution in [0.4, 0.5) is 5.69 Å². The van der Waals surface area contributed by atoms with Crippen molar-refractivity contribution in [1.82, 2.24) is 4.37 Å². The highest BCUT2D eigenvalue weighted by atomic mass is 32.1. The predicted octanol–water partition coefficient (Wildman–Crippen LogP) is 2.19. The van der Waals surface area contributed by atoms with Crippen molar-refractivity contribution in [1.29, 1.82) is 0 Å². The van der Waals surface area contributed by atoms with Crippen LogP contribution in [-0.4, -0.2) is 4.37 Å². The topological polar surface area (TPSA) is 38.9 Å². The third kappa shape index (κ3) is 0.886. The number of nitrogens with two attached hydrogens (primary N) is 1. The van der Waals surface area contributed by atoms with E-state index in [0.717, 1.165) is 22.2 Å². The molecule has 0 saturated heterocycles. The van der Waals surface area contributed by atoms with Crippen LogP contribution in [0.25, 0.3) is 10.9 Å². The highest BCUT2D eigenvalue weighted by molar-refractivity contribution is 7.04. The third-order valence-electron chi connectivity index (χ3n) is 1.80. The Labute approximate surface area is 68.8 Å². The molecule has 0 unspecified atom stereocenters. The lowest BCUT2D eigenvalue weighted by Crippen LogP contribution is -1.88. The molecule has 2 N–H and O–H groups in total. The summed E-state index contributed by atoms with van der Waals surface area (Å²) in [5.74, 6) is 0. The summed E-state index contributed by atoms with van der Waals surface area (Å²) in [6.07, 6.45) is 0. The van der Waals surface area contributed by atoms with Gasteiger partial charge in [0.05, 0.1) is 5.52 Å². The Hall–Kier alpha value is -1.09. The van der Waals surface area contributed by atoms with Crippen molar-refractivity contribution in [3.8, 4) is 0 Å². The SMILES string of the molecule is Cc1ccc2nscc2c1N. The van der Waals surface area contributed by atoms with Gasteiger partial charge in [0.15, 0.2) is 0 Å². The largest absolute Gasteiger partial charge is 0.398 e. The van der Waals surface area contributed by atoms with Crippen molar-refractivity contribution in [2.75, 3.05) is 5.73 Å². The Balaban J connectivity index is 2.93. The molecule has 1 aromatic heterocycles. The highest BCUT2D eigenvalue weighted by Gasteiger charge is 2.01. The Morgan fingerprint density at radius 1 is 1.45 bits per heavy atom. The number of aryl methyl sites for hydroxylation is 1. The molecule has 2 aromatic rings. The van der Waals surface area contributed by atoms with E-state index < -0.39 is 0 Å². The number of nitrogens with zero attached hydrogens (tertiary/aromatic N) is 1. The van der Waals surface area contributed by atoms with Crippen LogP contribution in [-0.2, 0) is 0 Å². The predicted molar refractivity (Wildman–Crippen MR) is 48.8 cm³/mol. The molecule has 1 aromatic carbocycles. The standard InChI is InChI=1S/C8H8N2S/c1-5-2-3-7-6(8(5)9)4-11-10-7/h2-4H,9H2,1H3. The first-order valence-electron chi connectivity index (χ1n) is 3.38. The first-order chi connectivity index (χ1) is 5.29. The molecule has 0 bridgehead atoms. The van der Waals surface area contributed by atoms with Crippen molar-refractivity contribution in [2.24, 2.45) is 0 Å². The Bertz CT molecular complexity index is 392. The highest BCUT2D eigenvalue weighted by Crippen LogP contribution is 2.24. The van der Waals surface area contributed by atoms with Crippen LogP contribution in [0.5, 0.6) is 0 Å². The van der Waals surface area contributed by atoms with Crippen LogP contribution >= 0.6 is 11.5 Å². The van der Waals surface area contributed by atoms with Gasteiger partial charge in [-0.2, -0.15) is 4.37 Å². The zero-order chi connectivity index (χ0) is 7.84. The van der Waals surface area contributed by atoms with E-state index in [4.69, 9.17) is 5.73 Å². The summed E-state index contributed by atoms with van der Waals surface area (Å²) < 4.78 is 4.18. The third-order valence-corrected chi connectivity index (χ3v) is 2.45. The summed E-state index contributed by atoms with van der Waals surface area (Å²) in [6.45, 7) is 2.01. The molecule has 0 aliphatic heterocycles. The summed E-state index contributed by atoms with van der Waals surface area (Å²) >= 11 is 1.45. The molecule has 1 heterocycles. The second-order valence-electron chi connectivity index (χ2n) is 2.54. The lowest BCUT2D eigenvalue weighted by molar-refractivity contribution is 1.50. The van der Waals surface area contributed by atoms with Gasteiger partial charge in [0, 0.05) is 16.5 Å². The molecule has 11 heavy (non-hydrogen) atoms. The number of aromatic nitrogens is 1. The van der Waals surface area contributed by atoms with Crippen LogP contribution in [0, 0.1) is 6.92 Å². The first kappa shape index (κ1) is 6.61. The van der Waals surface area contributed by atoms with Gasteiger partial charge in [0.1, 0.15) is 0 Å². The van der Waals surface area contributed by atoms with E-state index in [1.165, 1.54) is 11.5 Å². The molecule has 2 nitrogen and oxygen atoms in total. The van der Waals surface area contributed by atoms with Gasteiger partial charge < -0.3 is 5.73 Å². The van der Waals surface area contributed by atoms with Gasteiger partial charge in [-0.15, -0.1) is 0 Å². The maximum absolute atomic E-state index is 5.83. The summed E-state index contributed by atoms with van der Waals surface area (Å²) in [7, 11) is 0. The van der Waals surface area contributed by atoms with Gasteiger partial charge in [-0.1, -0.05) is 6.07 Å². The van der Waals surface area contributed by atoms with Crippen LogP contribution in [0.3, 0.4) is 0 Å². The number of hydrogen-bond acceptors (Lipinski definition) is 3. The zero-order valence-corrected chi connectivity index (χ0v) is 6.98. The number of hydrogen-bond donors (Lipinski definition) is 1. The molecule has 2 rings (SSSR count). The van der Waals surface area contributed by atoms with E-state index in [0.29, 0.717) is 0 Å². The fourth-order valence-electron chi connectivity index (χ4n) is 1.07. The zero-order valence-electron chi connectivity index (χ0n) is 6.16. The van der Waals surface area contributed by atoms with E-state index in [-0.39, 0.29) is 0 Å². The maximum Gasteiger partial charge on any atom is 0.0861 e. The van der Waals surface area contributed by atoms with Crippen molar-refractivity contribution in [3.63, 3.8) is 0 Å². The monoisotopic (exact) mass is 164 g/mol. The molecule has 0 atom stereocenters. The number of fused-ring (bicyclic) bond motifs is 1. The van der Waals surface area contributed by atoms with Gasteiger partial charge in [0.25, 0.3) is 0 Å². The summed E-state index contributed by atoms with van der Waals surface area (Å²) in [5, 5.41) is 3.06. The molecule has 0 radical (unpaired) electrons. The molecular weight excluding hydrogens is 156 g/mol. The molecule has 0 aliphatic rings. The van der Waals surface area contributed by atoms with E-state index in [1.807, 2.05) is 24.4 Å². The molecule has 0 saturated carbocycles. The van der Waals surface area contributed by atoms with Gasteiger partial charge >= 0.3 is 0 Å². The second kappa shape index (κ2) is 2.20. The second-order valence-corrected chi connectivity index (χ2v) is 3.17. The smallest absolute Gasteiger partial charge is 0.0861 e. The van der Waals surface area contributed by atoms with Gasteiger partial charge in [0.2, 0.25) is 0 Å². The first-order valence-corrected chi connectivity index (χ1v) is 4.22. The molecule has 0 fully saturated rings. The van der Waals surface area contributed by atoms with Crippen molar-refractivity contribution in [3.05, 3.63) is 23.1 Å². The summed E-state index contributed by atoms with van der Waals surface area (Å²) in [5.41, 5.74) is 8.81. The fourth-order valence-corrected chi connectivity index (χ4v) is 1.75. The van der Waals surface area contributed by atoms with Gasteiger partial charge in [-0.25, -0.2) is 0 Å². The van der Waals surface area contributed by atoms with E-state index in [9.17, 15) is 0 Å². The molecule has 0 spiro atoms. The molecule has 0 aliphatic carbocycles. The van der Waals surface area contributed by atoms with E-state index in [2.05, 4.69) is 4.37 Å². The van der Waals surface area contributed by atoms with Crippen molar-refractivity contribution < 1.29 is 0 Å². The quantitative estimate of drug-likeness (QED) is 0.606. The van der Waals surface area contributed by atoms with Crippen molar-refractivity contribution >= 4 is 28.1 Å². The number of benzene rings is 1. The summed E-state index contributed by atoms with van der Waals surface area (Å²) in [4.78, 5) is 0. The molecular formula is C8H8N2S. The van der Waals surface area contributed by atoms with Crippen LogP contribution in [0.1, 0.15) is 5.56 Å². The fraction of sp³-hybridized carbons (Fsp3) is 0.125. The summed E-state index contributed by atoms with van der Waals surface area (Å²) in [6, 6.07) is 3.99. The number of rotatable bonds is 0. The number of anilines is 1. The van der Waals surface area contributed by atoms with E-state index in [1.54, 1.807) is 0 Å². The lowest BCUT2D eigenvalue weighted by Gasteiger charge is -1.98. The Kier molecular flexibility index (Phi) is 1.32. The molecule has 0 amide bonds. The van der Waals surface area contributed by atoms with Crippen LogP contribution < -0.4 is 5.73 Å². The molecule has 3 heteroatoms. The van der Waals surface area contributed by atoms with Gasteiger partial charge in [-0.3, -0.25) is 0 Å². The molecule has 56 valence electrons. The van der Waals surface area contributed by atoms with Crippen molar-refractivity contribution in [2.45, 2.75) is 6.92 Å². The minimum absolute atomic E-state index is 0.858.